The molecular weight excluding hydrogens is 284 g/mol. The fourth-order valence-electron chi connectivity index (χ4n) is 1.68. The number of aliphatic carboxylic acids is 1. The van der Waals surface area contributed by atoms with E-state index in [9.17, 15) is 9.59 Å². The van der Waals surface area contributed by atoms with Gasteiger partial charge in [0.05, 0.1) is 0 Å². The van der Waals surface area contributed by atoms with Crippen LogP contribution in [0.5, 0.6) is 0 Å². The maximum Gasteiger partial charge on any atom is 0.408 e. The van der Waals surface area contributed by atoms with Crippen molar-refractivity contribution in [2.45, 2.75) is 33.3 Å². The molecule has 1 aromatic heterocycles. The minimum atomic E-state index is -1.10. The van der Waals surface area contributed by atoms with Crippen molar-refractivity contribution >= 4 is 23.0 Å². The van der Waals surface area contributed by atoms with Gasteiger partial charge < -0.3 is 20.1 Å². The summed E-state index contributed by atoms with van der Waals surface area (Å²) >= 11 is 0. The zero-order chi connectivity index (χ0) is 16.8. The molecule has 0 spiro atoms. The van der Waals surface area contributed by atoms with Crippen molar-refractivity contribution in [1.82, 2.24) is 10.3 Å². The van der Waals surface area contributed by atoms with Gasteiger partial charge in [-0.3, -0.25) is 4.79 Å². The third-order valence-corrected chi connectivity index (χ3v) is 2.58. The van der Waals surface area contributed by atoms with Crippen molar-refractivity contribution < 1.29 is 19.4 Å². The zero-order valence-electron chi connectivity index (χ0n) is 13.3. The summed E-state index contributed by atoms with van der Waals surface area (Å²) < 4.78 is 4.77. The summed E-state index contributed by atoms with van der Waals surface area (Å²) in [7, 11) is 0. The lowest BCUT2D eigenvalue weighted by molar-refractivity contribution is -0.136. The third kappa shape index (κ3) is 6.30. The zero-order valence-corrected chi connectivity index (χ0v) is 13.3. The molecule has 120 valence electrons. The number of ether oxygens (including phenoxy) is 1. The van der Waals surface area contributed by atoms with Crippen molar-refractivity contribution in [1.29, 1.82) is 0 Å². The molecule has 2 aromatic rings. The van der Waals surface area contributed by atoms with Crippen LogP contribution in [0.15, 0.2) is 30.5 Å². The van der Waals surface area contributed by atoms with Crippen LogP contribution < -0.4 is 5.32 Å². The number of carboxylic acid groups (broad SMARTS) is 1. The van der Waals surface area contributed by atoms with E-state index in [1.165, 1.54) is 16.5 Å². The van der Waals surface area contributed by atoms with Gasteiger partial charge in [-0.15, -0.1) is 0 Å². The number of H-pyrrole nitrogens is 1. The standard InChI is InChI=1S/C9H9N.C7H13NO4/c1-7-6-10-9-5-3-2-4-8(7)9;1-7(2,3)12-6(11)8-4-5(9)10/h2-6,10H,1H3;4H2,1-3H3,(H,8,11)(H,9,10). The number of aromatic amines is 1. The van der Waals surface area contributed by atoms with E-state index in [1.807, 2.05) is 12.3 Å². The summed E-state index contributed by atoms with van der Waals surface area (Å²) in [5, 5.41) is 11.6. The largest absolute Gasteiger partial charge is 0.480 e. The Morgan fingerprint density at radius 2 is 1.91 bits per heavy atom. The molecule has 6 nitrogen and oxygen atoms in total. The molecule has 0 aliphatic heterocycles. The van der Waals surface area contributed by atoms with Crippen molar-refractivity contribution in [3.63, 3.8) is 0 Å². The fraction of sp³-hybridized carbons (Fsp3) is 0.375. The molecule has 0 unspecified atom stereocenters. The van der Waals surface area contributed by atoms with Gasteiger partial charge in [0.15, 0.2) is 0 Å². The Balaban J connectivity index is 0.000000222. The SMILES string of the molecule is CC(C)(C)OC(=O)NCC(=O)O.Cc1c[nH]c2ccccc12. The first-order chi connectivity index (χ1) is 10.2. The molecule has 22 heavy (non-hydrogen) atoms. The first-order valence-corrected chi connectivity index (χ1v) is 6.90. The Morgan fingerprint density at radius 3 is 2.45 bits per heavy atom. The third-order valence-electron chi connectivity index (χ3n) is 2.58. The molecule has 0 aliphatic carbocycles. The van der Waals surface area contributed by atoms with Gasteiger partial charge in [0.1, 0.15) is 12.1 Å². The lowest BCUT2D eigenvalue weighted by Crippen LogP contribution is -2.35. The number of rotatable bonds is 2. The molecule has 1 heterocycles. The number of fused-ring (bicyclic) bond motifs is 1. The summed E-state index contributed by atoms with van der Waals surface area (Å²) in [6.07, 6.45) is 1.31. The maximum atomic E-state index is 10.8. The van der Waals surface area contributed by atoms with E-state index in [-0.39, 0.29) is 0 Å². The first kappa shape index (κ1) is 17.6. The molecule has 1 aromatic carbocycles. The Bertz CT molecular complexity index is 641. The molecule has 6 heteroatoms. The number of hydrogen-bond acceptors (Lipinski definition) is 3. The molecule has 2 rings (SSSR count). The number of benzene rings is 1. The molecule has 1 amide bonds. The molecular formula is C16H22N2O4. The molecule has 0 saturated carbocycles. The minimum absolute atomic E-state index is 0.422. The van der Waals surface area contributed by atoms with Gasteiger partial charge in [0.2, 0.25) is 0 Å². The number of para-hydroxylation sites is 1. The lowest BCUT2D eigenvalue weighted by atomic mass is 10.2. The van der Waals surface area contributed by atoms with Gasteiger partial charge in [0.25, 0.3) is 0 Å². The van der Waals surface area contributed by atoms with Gasteiger partial charge in [-0.2, -0.15) is 0 Å². The van der Waals surface area contributed by atoms with Gasteiger partial charge in [0, 0.05) is 17.1 Å². The average molecular weight is 306 g/mol. The van der Waals surface area contributed by atoms with Gasteiger partial charge in [-0.1, -0.05) is 18.2 Å². The van der Waals surface area contributed by atoms with E-state index in [0.717, 1.165) is 0 Å². The van der Waals surface area contributed by atoms with Crippen LogP contribution in [0, 0.1) is 6.92 Å². The number of aromatic nitrogens is 1. The van der Waals surface area contributed by atoms with Crippen molar-refractivity contribution in [2.24, 2.45) is 0 Å². The molecule has 0 radical (unpaired) electrons. The van der Waals surface area contributed by atoms with Crippen molar-refractivity contribution in [2.75, 3.05) is 6.54 Å². The second-order valence-electron chi connectivity index (χ2n) is 5.77. The quantitative estimate of drug-likeness (QED) is 0.795. The highest BCUT2D eigenvalue weighted by molar-refractivity contribution is 5.82. The number of carbonyl (C=O) groups is 2. The predicted molar refractivity (Wildman–Crippen MR) is 84.9 cm³/mol. The van der Waals surface area contributed by atoms with Crippen LogP contribution in [0.25, 0.3) is 10.9 Å². The van der Waals surface area contributed by atoms with Crippen LogP contribution in [-0.2, 0) is 9.53 Å². The number of carboxylic acids is 1. The highest BCUT2D eigenvalue weighted by Crippen LogP contribution is 2.15. The number of aryl methyl sites for hydroxylation is 1. The topological polar surface area (TPSA) is 91.4 Å². The first-order valence-electron chi connectivity index (χ1n) is 6.90. The number of carbonyl (C=O) groups excluding carboxylic acids is 1. The monoisotopic (exact) mass is 306 g/mol. The predicted octanol–water partition coefficient (Wildman–Crippen LogP) is 3.07. The van der Waals surface area contributed by atoms with E-state index >= 15 is 0 Å². The highest BCUT2D eigenvalue weighted by atomic mass is 16.6. The normalized spacial score (nSPS) is 10.5. The fourth-order valence-corrected chi connectivity index (χ4v) is 1.68. The van der Waals surface area contributed by atoms with Crippen molar-refractivity contribution in [3.05, 3.63) is 36.0 Å². The number of amides is 1. The van der Waals surface area contributed by atoms with Crippen LogP contribution >= 0.6 is 0 Å². The Labute approximate surface area is 129 Å². The van der Waals surface area contributed by atoms with Crippen LogP contribution in [-0.4, -0.2) is 34.3 Å². The molecule has 0 saturated heterocycles. The Hall–Kier alpha value is -2.50. The summed E-state index contributed by atoms with van der Waals surface area (Å²) in [5.41, 5.74) is 1.94. The van der Waals surface area contributed by atoms with Crippen LogP contribution in [0.3, 0.4) is 0 Å². The Morgan fingerprint density at radius 1 is 1.27 bits per heavy atom. The Kier molecular flexibility index (Phi) is 5.98. The van der Waals surface area contributed by atoms with Crippen LogP contribution in [0.2, 0.25) is 0 Å². The van der Waals surface area contributed by atoms with Crippen LogP contribution in [0.4, 0.5) is 4.79 Å². The minimum Gasteiger partial charge on any atom is -0.480 e. The van der Waals surface area contributed by atoms with E-state index in [4.69, 9.17) is 9.84 Å². The van der Waals surface area contributed by atoms with Gasteiger partial charge in [-0.25, -0.2) is 4.79 Å². The summed E-state index contributed by atoms with van der Waals surface area (Å²) in [4.78, 5) is 24.0. The molecule has 0 aliphatic rings. The average Bonchev–Trinajstić information content (AvgIpc) is 2.78. The molecule has 3 N–H and O–H groups in total. The van der Waals surface area contributed by atoms with E-state index < -0.39 is 24.2 Å². The smallest absolute Gasteiger partial charge is 0.408 e. The van der Waals surface area contributed by atoms with E-state index in [2.05, 4.69) is 35.4 Å². The molecule has 0 bridgehead atoms. The summed E-state index contributed by atoms with van der Waals surface area (Å²) in [6.45, 7) is 6.79. The van der Waals surface area contributed by atoms with Gasteiger partial charge in [-0.05, 0) is 39.3 Å². The highest BCUT2D eigenvalue weighted by Gasteiger charge is 2.16. The van der Waals surface area contributed by atoms with E-state index in [1.54, 1.807) is 20.8 Å². The van der Waals surface area contributed by atoms with E-state index in [0.29, 0.717) is 0 Å². The number of alkyl carbamates (subject to hydrolysis) is 1. The summed E-state index contributed by atoms with van der Waals surface area (Å²) in [6, 6.07) is 8.31. The van der Waals surface area contributed by atoms with Crippen molar-refractivity contribution in [3.8, 4) is 0 Å². The maximum absolute atomic E-state index is 10.8. The number of hydrogen-bond donors (Lipinski definition) is 3. The molecule has 0 fully saturated rings. The summed E-state index contributed by atoms with van der Waals surface area (Å²) in [5.74, 6) is -1.10. The second-order valence-corrected chi connectivity index (χ2v) is 5.77. The van der Waals surface area contributed by atoms with Gasteiger partial charge >= 0.3 is 12.1 Å². The molecule has 0 atom stereocenters. The lowest BCUT2D eigenvalue weighted by Gasteiger charge is -2.19. The second kappa shape index (κ2) is 7.49. The number of nitrogens with one attached hydrogen (secondary N) is 2. The van der Waals surface area contributed by atoms with Crippen LogP contribution in [0.1, 0.15) is 26.3 Å².